The summed E-state index contributed by atoms with van der Waals surface area (Å²) in [7, 11) is -0.223. The number of hydrogen-bond donors (Lipinski definition) is 0. The van der Waals surface area contributed by atoms with E-state index in [0.717, 1.165) is 11.1 Å². The number of benzene rings is 1. The second-order valence-corrected chi connectivity index (χ2v) is 12.9. The van der Waals surface area contributed by atoms with E-state index < -0.39 is 14.6 Å². The third-order valence-electron chi connectivity index (χ3n) is 5.21. The van der Waals surface area contributed by atoms with Crippen molar-refractivity contribution in [2.24, 2.45) is 0 Å². The van der Waals surface area contributed by atoms with Crippen LogP contribution in [0.1, 0.15) is 26.3 Å². The summed E-state index contributed by atoms with van der Waals surface area (Å²) in [5, 5.41) is 0.156. The minimum absolute atomic E-state index is 0.156. The molecule has 0 radical (unpaired) electrons. The topological polar surface area (TPSA) is 36.9 Å². The van der Waals surface area contributed by atoms with Crippen LogP contribution in [-0.4, -0.2) is 40.5 Å². The second kappa shape index (κ2) is 8.14. The van der Waals surface area contributed by atoms with Crippen molar-refractivity contribution in [1.82, 2.24) is 0 Å². The highest BCUT2D eigenvalue weighted by Crippen LogP contribution is 2.38. The summed E-state index contributed by atoms with van der Waals surface area (Å²) < 4.78 is 23.8. The Kier molecular flexibility index (Phi) is 6.62. The molecule has 1 aliphatic rings. The van der Waals surface area contributed by atoms with E-state index >= 15 is 0 Å². The van der Waals surface area contributed by atoms with Crippen LogP contribution in [0.5, 0.6) is 0 Å². The highest BCUT2D eigenvalue weighted by atomic mass is 28.4. The lowest BCUT2D eigenvalue weighted by Gasteiger charge is -2.37. The van der Waals surface area contributed by atoms with Gasteiger partial charge in [0, 0.05) is 12.7 Å². The molecule has 0 spiro atoms. The van der Waals surface area contributed by atoms with Crippen LogP contribution in [-0.2, 0) is 25.2 Å². The molecule has 5 heteroatoms. The lowest BCUT2D eigenvalue weighted by atomic mass is 10.1. The molecule has 0 aromatic heterocycles. The van der Waals surface area contributed by atoms with E-state index in [1.54, 1.807) is 7.11 Å². The molecule has 3 atom stereocenters. The zero-order valence-electron chi connectivity index (χ0n) is 16.4. The minimum Gasteiger partial charge on any atom is -0.414 e. The molecule has 25 heavy (non-hydrogen) atoms. The van der Waals surface area contributed by atoms with Crippen LogP contribution in [0.4, 0.5) is 0 Å². The van der Waals surface area contributed by atoms with E-state index in [4.69, 9.17) is 18.6 Å². The fourth-order valence-corrected chi connectivity index (χ4v) is 3.52. The normalized spacial score (nSPS) is 24.7. The molecular weight excluding hydrogens is 332 g/mol. The van der Waals surface area contributed by atoms with Gasteiger partial charge in [0.15, 0.2) is 14.6 Å². The van der Waals surface area contributed by atoms with Crippen LogP contribution in [0, 0.1) is 0 Å². The standard InChI is InChI=1S/C20H32O4Si/c1-15-18(22-13-16-11-9-8-10-12-16)17(24-19(15)21-5)14-23-25(6,7)20(2,3)4/h8-12,17-19H,1,13-14H2,2-7H3/t17-,18-,19-/m1/s1. The highest BCUT2D eigenvalue weighted by molar-refractivity contribution is 6.74. The zero-order valence-corrected chi connectivity index (χ0v) is 17.4. The van der Waals surface area contributed by atoms with E-state index in [9.17, 15) is 0 Å². The number of methoxy groups -OCH3 is 1. The molecule has 0 N–H and O–H groups in total. The third-order valence-corrected chi connectivity index (χ3v) is 9.71. The van der Waals surface area contributed by atoms with Crippen LogP contribution in [0.15, 0.2) is 42.5 Å². The molecule has 0 aliphatic carbocycles. The van der Waals surface area contributed by atoms with Gasteiger partial charge in [0.25, 0.3) is 0 Å². The highest BCUT2D eigenvalue weighted by Gasteiger charge is 2.43. The maximum Gasteiger partial charge on any atom is 0.192 e. The summed E-state index contributed by atoms with van der Waals surface area (Å²) >= 11 is 0. The third kappa shape index (κ3) is 5.02. The Labute approximate surface area is 153 Å². The van der Waals surface area contributed by atoms with Crippen LogP contribution in [0.25, 0.3) is 0 Å². The Bertz CT molecular complexity index is 565. The fraction of sp³-hybridized carbons (Fsp3) is 0.600. The Morgan fingerprint density at radius 3 is 2.36 bits per heavy atom. The molecule has 1 fully saturated rings. The van der Waals surface area contributed by atoms with Crippen molar-refractivity contribution >= 4 is 8.32 Å². The van der Waals surface area contributed by atoms with Crippen molar-refractivity contribution in [2.75, 3.05) is 13.7 Å². The van der Waals surface area contributed by atoms with Gasteiger partial charge in [-0.3, -0.25) is 0 Å². The lowest BCUT2D eigenvalue weighted by molar-refractivity contribution is -0.122. The van der Waals surface area contributed by atoms with Gasteiger partial charge in [-0.25, -0.2) is 0 Å². The van der Waals surface area contributed by atoms with Gasteiger partial charge in [-0.2, -0.15) is 0 Å². The Morgan fingerprint density at radius 1 is 1.16 bits per heavy atom. The predicted molar refractivity (Wildman–Crippen MR) is 103 cm³/mol. The zero-order chi connectivity index (χ0) is 18.7. The first kappa shape index (κ1) is 20.3. The first-order chi connectivity index (χ1) is 11.7. The molecule has 0 bridgehead atoms. The fourth-order valence-electron chi connectivity index (χ4n) is 2.51. The van der Waals surface area contributed by atoms with Crippen molar-refractivity contribution in [3.63, 3.8) is 0 Å². The van der Waals surface area contributed by atoms with E-state index in [2.05, 4.69) is 40.4 Å². The van der Waals surface area contributed by atoms with Gasteiger partial charge in [-0.05, 0) is 23.7 Å². The molecule has 1 heterocycles. The van der Waals surface area contributed by atoms with E-state index in [0.29, 0.717) is 13.2 Å². The van der Waals surface area contributed by atoms with E-state index in [1.165, 1.54) is 0 Å². The molecule has 4 nitrogen and oxygen atoms in total. The van der Waals surface area contributed by atoms with E-state index in [1.807, 2.05) is 30.3 Å². The maximum absolute atomic E-state index is 6.34. The predicted octanol–water partition coefficient (Wildman–Crippen LogP) is 4.52. The van der Waals surface area contributed by atoms with Gasteiger partial charge in [0.1, 0.15) is 12.2 Å². The second-order valence-electron chi connectivity index (χ2n) is 8.11. The van der Waals surface area contributed by atoms with Crippen molar-refractivity contribution in [3.05, 3.63) is 48.0 Å². The average Bonchev–Trinajstić information content (AvgIpc) is 2.86. The first-order valence-electron chi connectivity index (χ1n) is 8.82. The summed E-state index contributed by atoms with van der Waals surface area (Å²) in [4.78, 5) is 0. The smallest absolute Gasteiger partial charge is 0.192 e. The molecule has 1 aromatic rings. The quantitative estimate of drug-likeness (QED) is 0.526. The molecule has 1 aliphatic heterocycles. The largest absolute Gasteiger partial charge is 0.414 e. The number of hydrogen-bond acceptors (Lipinski definition) is 4. The Morgan fingerprint density at radius 2 is 1.80 bits per heavy atom. The molecule has 0 amide bonds. The van der Waals surface area contributed by atoms with Crippen LogP contribution < -0.4 is 0 Å². The van der Waals surface area contributed by atoms with Crippen LogP contribution in [0.2, 0.25) is 18.1 Å². The summed E-state index contributed by atoms with van der Waals surface area (Å²) in [6.45, 7) is 16.3. The SMILES string of the molecule is C=C1[C@H](OC)O[C@H](CO[Si](C)(C)C(C)(C)C)[C@@H]1OCc1ccccc1. The maximum atomic E-state index is 6.34. The van der Waals surface area contributed by atoms with Crippen molar-refractivity contribution in [2.45, 2.75) is 64.0 Å². The summed E-state index contributed by atoms with van der Waals surface area (Å²) in [6, 6.07) is 10.1. The van der Waals surface area contributed by atoms with Crippen molar-refractivity contribution in [1.29, 1.82) is 0 Å². The number of rotatable bonds is 7. The Balaban J connectivity index is 2.02. The van der Waals surface area contributed by atoms with Gasteiger partial charge in [-0.15, -0.1) is 0 Å². The van der Waals surface area contributed by atoms with E-state index in [-0.39, 0.29) is 17.2 Å². The van der Waals surface area contributed by atoms with Crippen molar-refractivity contribution < 1.29 is 18.6 Å². The molecular formula is C20H32O4Si. The summed E-state index contributed by atoms with van der Waals surface area (Å²) in [5.74, 6) is 0. The van der Waals surface area contributed by atoms with Gasteiger partial charge < -0.3 is 18.6 Å². The van der Waals surface area contributed by atoms with Gasteiger partial charge in [0.2, 0.25) is 0 Å². The summed E-state index contributed by atoms with van der Waals surface area (Å²) in [5.41, 5.74) is 1.95. The molecule has 2 rings (SSSR count). The minimum atomic E-state index is -1.85. The Hall–Kier alpha value is -0.983. The van der Waals surface area contributed by atoms with Gasteiger partial charge in [-0.1, -0.05) is 57.7 Å². The molecule has 1 aromatic carbocycles. The molecule has 140 valence electrons. The monoisotopic (exact) mass is 364 g/mol. The molecule has 1 saturated heterocycles. The molecule has 0 unspecified atom stereocenters. The summed E-state index contributed by atoms with van der Waals surface area (Å²) in [6.07, 6.45) is -0.862. The average molecular weight is 365 g/mol. The number of ether oxygens (including phenoxy) is 3. The van der Waals surface area contributed by atoms with Gasteiger partial charge in [0.05, 0.1) is 13.2 Å². The molecule has 0 saturated carbocycles. The van der Waals surface area contributed by atoms with Crippen molar-refractivity contribution in [3.8, 4) is 0 Å². The van der Waals surface area contributed by atoms with Gasteiger partial charge >= 0.3 is 0 Å². The lowest BCUT2D eigenvalue weighted by Crippen LogP contribution is -2.44. The first-order valence-corrected chi connectivity index (χ1v) is 11.7. The van der Waals surface area contributed by atoms with Crippen LogP contribution in [0.3, 0.4) is 0 Å². The van der Waals surface area contributed by atoms with Crippen LogP contribution >= 0.6 is 0 Å².